The number of allylic oxidation sites excluding steroid dienone is 1. The van der Waals surface area contributed by atoms with Crippen LogP contribution in [0, 0.1) is 11.8 Å². The monoisotopic (exact) mass is 124 g/mol. The second-order valence-corrected chi connectivity index (χ2v) is 1.38. The molecule has 9 heavy (non-hydrogen) atoms. The number of carboxylic acids is 1. The van der Waals surface area contributed by atoms with Crippen LogP contribution in [0.1, 0.15) is 13.8 Å². The molecule has 0 rings (SSSR count). The smallest absolute Gasteiger partial charge is 0.343 e. The molecule has 0 aromatic rings. The van der Waals surface area contributed by atoms with Gasteiger partial charge in [0.15, 0.2) is 0 Å². The molecule has 2 heteroatoms. The van der Waals surface area contributed by atoms with E-state index in [0.29, 0.717) is 0 Å². The number of hydrogen-bond donors (Lipinski definition) is 1. The molecule has 0 aromatic carbocycles. The molecule has 0 saturated carbocycles. The van der Waals surface area contributed by atoms with Crippen LogP contribution < -0.4 is 0 Å². The minimum Gasteiger partial charge on any atom is -0.477 e. The first-order chi connectivity index (χ1) is 4.22. The summed E-state index contributed by atoms with van der Waals surface area (Å²) >= 11 is 0. The van der Waals surface area contributed by atoms with E-state index in [9.17, 15) is 4.79 Å². The zero-order valence-corrected chi connectivity index (χ0v) is 5.43. The quantitative estimate of drug-likeness (QED) is 0.419. The molecule has 0 unspecified atom stereocenters. The fraction of sp³-hybridized carbons (Fsp3) is 0.286. The van der Waals surface area contributed by atoms with Crippen molar-refractivity contribution in [2.45, 2.75) is 13.8 Å². The van der Waals surface area contributed by atoms with Crippen molar-refractivity contribution >= 4 is 5.97 Å². The maximum Gasteiger partial charge on any atom is 0.343 e. The molecule has 0 saturated heterocycles. The number of carbonyl (C=O) groups is 1. The van der Waals surface area contributed by atoms with Crippen LogP contribution in [0.2, 0.25) is 0 Å². The summed E-state index contributed by atoms with van der Waals surface area (Å²) in [7, 11) is 0. The van der Waals surface area contributed by atoms with Crippen molar-refractivity contribution in [3.63, 3.8) is 0 Å². The van der Waals surface area contributed by atoms with Gasteiger partial charge in [-0.1, -0.05) is 12.0 Å². The topological polar surface area (TPSA) is 37.3 Å². The first-order valence-electron chi connectivity index (χ1n) is 2.54. The standard InChI is InChI=1S/C7H8O2/c1-3-5-6(4-2)7(8)9/h4H,1-2H3,(H,8,9)/b6-4+. The number of carboxylic acid groups (broad SMARTS) is 1. The first kappa shape index (κ1) is 7.77. The van der Waals surface area contributed by atoms with Gasteiger partial charge in [0.2, 0.25) is 0 Å². The molecule has 0 heterocycles. The highest BCUT2D eigenvalue weighted by molar-refractivity contribution is 5.91. The molecule has 0 fully saturated rings. The van der Waals surface area contributed by atoms with Gasteiger partial charge in [-0.05, 0) is 13.8 Å². The molecule has 0 spiro atoms. The van der Waals surface area contributed by atoms with Gasteiger partial charge in [0, 0.05) is 0 Å². The lowest BCUT2D eigenvalue weighted by molar-refractivity contribution is -0.132. The lowest BCUT2D eigenvalue weighted by atomic mass is 10.3. The summed E-state index contributed by atoms with van der Waals surface area (Å²) in [4.78, 5) is 10.1. The molecule has 0 radical (unpaired) electrons. The van der Waals surface area contributed by atoms with Gasteiger partial charge < -0.3 is 5.11 Å². The molecular formula is C7H8O2. The normalized spacial score (nSPS) is 9.78. The Kier molecular flexibility index (Phi) is 3.22. The van der Waals surface area contributed by atoms with Crippen molar-refractivity contribution in [1.29, 1.82) is 0 Å². The van der Waals surface area contributed by atoms with E-state index in [-0.39, 0.29) is 5.57 Å². The van der Waals surface area contributed by atoms with Gasteiger partial charge >= 0.3 is 5.97 Å². The van der Waals surface area contributed by atoms with E-state index in [1.807, 2.05) is 0 Å². The Morgan fingerprint density at radius 3 is 2.33 bits per heavy atom. The summed E-state index contributed by atoms with van der Waals surface area (Å²) in [5, 5.41) is 8.33. The molecule has 0 amide bonds. The van der Waals surface area contributed by atoms with Crippen LogP contribution in [-0.4, -0.2) is 11.1 Å². The zero-order valence-electron chi connectivity index (χ0n) is 5.43. The summed E-state index contributed by atoms with van der Waals surface area (Å²) in [6.07, 6.45) is 1.47. The van der Waals surface area contributed by atoms with E-state index in [2.05, 4.69) is 11.8 Å². The van der Waals surface area contributed by atoms with Crippen LogP contribution in [-0.2, 0) is 4.79 Å². The van der Waals surface area contributed by atoms with E-state index in [1.54, 1.807) is 13.8 Å². The second-order valence-electron chi connectivity index (χ2n) is 1.38. The largest absolute Gasteiger partial charge is 0.477 e. The highest BCUT2D eigenvalue weighted by Crippen LogP contribution is 1.89. The summed E-state index contributed by atoms with van der Waals surface area (Å²) in [5.74, 6) is 3.98. The van der Waals surface area contributed by atoms with Crippen molar-refractivity contribution in [3.05, 3.63) is 11.6 Å². The minimum absolute atomic E-state index is 0.150. The van der Waals surface area contributed by atoms with Crippen molar-refractivity contribution in [1.82, 2.24) is 0 Å². The maximum atomic E-state index is 10.1. The predicted octanol–water partition coefficient (Wildman–Crippen LogP) is 1.04. The molecule has 0 aliphatic heterocycles. The third-order valence-electron chi connectivity index (χ3n) is 0.779. The number of aliphatic carboxylic acids is 1. The van der Waals surface area contributed by atoms with Crippen LogP contribution in [0.15, 0.2) is 11.6 Å². The third kappa shape index (κ3) is 2.55. The molecule has 48 valence electrons. The Bertz CT molecular complexity index is 191. The fourth-order valence-electron chi connectivity index (χ4n) is 0.384. The highest BCUT2D eigenvalue weighted by atomic mass is 16.4. The molecule has 1 N–H and O–H groups in total. The summed E-state index contributed by atoms with van der Waals surface area (Å²) in [6.45, 7) is 3.25. The average Bonchev–Trinajstić information content (AvgIpc) is 1.82. The summed E-state index contributed by atoms with van der Waals surface area (Å²) < 4.78 is 0. The zero-order chi connectivity index (χ0) is 7.28. The molecule has 2 nitrogen and oxygen atoms in total. The Hall–Kier alpha value is -1.23. The van der Waals surface area contributed by atoms with Gasteiger partial charge in [0.05, 0.1) is 0 Å². The first-order valence-corrected chi connectivity index (χ1v) is 2.54. The third-order valence-corrected chi connectivity index (χ3v) is 0.779. The van der Waals surface area contributed by atoms with Gasteiger partial charge in [-0.3, -0.25) is 0 Å². The van der Waals surface area contributed by atoms with Gasteiger partial charge in [0.25, 0.3) is 0 Å². The number of rotatable bonds is 1. The van der Waals surface area contributed by atoms with Crippen LogP contribution in [0.4, 0.5) is 0 Å². The summed E-state index contributed by atoms with van der Waals surface area (Å²) in [6, 6.07) is 0. The van der Waals surface area contributed by atoms with Crippen LogP contribution in [0.3, 0.4) is 0 Å². The lowest BCUT2D eigenvalue weighted by Gasteiger charge is -1.84. The fourth-order valence-corrected chi connectivity index (χ4v) is 0.384. The maximum absolute atomic E-state index is 10.1. The van der Waals surface area contributed by atoms with Gasteiger partial charge in [0.1, 0.15) is 5.57 Å². The lowest BCUT2D eigenvalue weighted by Crippen LogP contribution is -1.96. The van der Waals surface area contributed by atoms with Gasteiger partial charge in [-0.15, -0.1) is 5.92 Å². The van der Waals surface area contributed by atoms with Gasteiger partial charge in [-0.25, -0.2) is 4.79 Å². The second kappa shape index (κ2) is 3.73. The van der Waals surface area contributed by atoms with E-state index in [0.717, 1.165) is 0 Å². The van der Waals surface area contributed by atoms with E-state index in [4.69, 9.17) is 5.11 Å². The van der Waals surface area contributed by atoms with Crippen LogP contribution in [0.5, 0.6) is 0 Å². The molecule has 0 aliphatic carbocycles. The molecule has 0 aliphatic rings. The predicted molar refractivity (Wildman–Crippen MR) is 34.8 cm³/mol. The Morgan fingerprint density at radius 2 is 2.22 bits per heavy atom. The van der Waals surface area contributed by atoms with Crippen molar-refractivity contribution < 1.29 is 9.90 Å². The Morgan fingerprint density at radius 1 is 1.67 bits per heavy atom. The molecule has 0 bridgehead atoms. The van der Waals surface area contributed by atoms with Crippen LogP contribution >= 0.6 is 0 Å². The van der Waals surface area contributed by atoms with Crippen molar-refractivity contribution in [2.24, 2.45) is 0 Å². The van der Waals surface area contributed by atoms with E-state index < -0.39 is 5.97 Å². The highest BCUT2D eigenvalue weighted by Gasteiger charge is 1.98. The van der Waals surface area contributed by atoms with Crippen molar-refractivity contribution in [2.75, 3.05) is 0 Å². The van der Waals surface area contributed by atoms with Crippen LogP contribution in [0.25, 0.3) is 0 Å². The van der Waals surface area contributed by atoms with E-state index in [1.165, 1.54) is 6.08 Å². The van der Waals surface area contributed by atoms with Crippen molar-refractivity contribution in [3.8, 4) is 11.8 Å². The summed E-state index contributed by atoms with van der Waals surface area (Å²) in [5.41, 5.74) is 0.150. The minimum atomic E-state index is -0.966. The Labute approximate surface area is 54.2 Å². The molecule has 0 aromatic heterocycles. The average molecular weight is 124 g/mol. The number of hydrogen-bond acceptors (Lipinski definition) is 1. The van der Waals surface area contributed by atoms with Gasteiger partial charge in [-0.2, -0.15) is 0 Å². The van der Waals surface area contributed by atoms with E-state index >= 15 is 0 Å². The molecule has 0 atom stereocenters. The Balaban J connectivity index is 4.32. The SMILES string of the molecule is CC#C/C(=C\C)C(=O)O. The molecular weight excluding hydrogens is 116 g/mol.